The molecule has 20 heavy (non-hydrogen) atoms. The van der Waals surface area contributed by atoms with E-state index in [9.17, 15) is 14.7 Å². The number of carbonyl (C=O) groups excluding carboxylic acids is 1. The summed E-state index contributed by atoms with van der Waals surface area (Å²) in [5.74, 6) is -1.25. The van der Waals surface area contributed by atoms with Crippen molar-refractivity contribution in [3.63, 3.8) is 0 Å². The van der Waals surface area contributed by atoms with Gasteiger partial charge in [0.15, 0.2) is 0 Å². The molecule has 3 unspecified atom stereocenters. The Labute approximate surface area is 119 Å². The van der Waals surface area contributed by atoms with E-state index in [4.69, 9.17) is 4.74 Å². The lowest BCUT2D eigenvalue weighted by Gasteiger charge is -2.38. The molecule has 2 N–H and O–H groups in total. The van der Waals surface area contributed by atoms with Gasteiger partial charge in [0.25, 0.3) is 0 Å². The fourth-order valence-electron chi connectivity index (χ4n) is 3.30. The molecule has 2 saturated heterocycles. The highest BCUT2D eigenvalue weighted by molar-refractivity contribution is 5.84. The fraction of sp³-hybridized carbons (Fsp3) is 0.857. The second-order valence-electron chi connectivity index (χ2n) is 6.20. The van der Waals surface area contributed by atoms with E-state index in [1.165, 1.54) is 0 Å². The Morgan fingerprint density at radius 2 is 2.10 bits per heavy atom. The number of likely N-dealkylation sites (N-methyl/N-ethyl adjacent to an activating group) is 1. The van der Waals surface area contributed by atoms with E-state index in [1.807, 2.05) is 0 Å². The minimum absolute atomic E-state index is 0.0410. The first kappa shape index (κ1) is 15.3. The van der Waals surface area contributed by atoms with Crippen LogP contribution < -0.4 is 5.32 Å². The molecule has 0 saturated carbocycles. The van der Waals surface area contributed by atoms with Gasteiger partial charge in [-0.15, -0.1) is 0 Å². The summed E-state index contributed by atoms with van der Waals surface area (Å²) in [5, 5.41) is 12.5. The molecule has 2 aliphatic rings. The maximum atomic E-state index is 12.9. The van der Waals surface area contributed by atoms with E-state index in [0.29, 0.717) is 13.2 Å². The van der Waals surface area contributed by atoms with Crippen LogP contribution in [0.1, 0.15) is 20.3 Å². The average Bonchev–Trinajstić information content (AvgIpc) is 3.06. The van der Waals surface area contributed by atoms with Crippen LogP contribution in [-0.2, 0) is 14.3 Å². The highest BCUT2D eigenvalue weighted by atomic mass is 16.5. The van der Waals surface area contributed by atoms with Gasteiger partial charge in [-0.05, 0) is 18.9 Å². The van der Waals surface area contributed by atoms with Crippen molar-refractivity contribution in [2.45, 2.75) is 26.3 Å². The van der Waals surface area contributed by atoms with Crippen LogP contribution in [0.4, 0.5) is 0 Å². The molecule has 1 amide bonds. The summed E-state index contributed by atoms with van der Waals surface area (Å²) in [4.78, 5) is 25.8. The molecular formula is C14H24N2O4. The van der Waals surface area contributed by atoms with Crippen LogP contribution in [0, 0.1) is 17.3 Å². The number of carboxylic acid groups (broad SMARTS) is 1. The van der Waals surface area contributed by atoms with Gasteiger partial charge in [0.2, 0.25) is 5.91 Å². The summed E-state index contributed by atoms with van der Waals surface area (Å²) in [7, 11) is 1.71. The highest BCUT2D eigenvalue weighted by Gasteiger charge is 2.48. The Morgan fingerprint density at radius 1 is 1.40 bits per heavy atom. The molecule has 2 aliphatic heterocycles. The zero-order valence-corrected chi connectivity index (χ0v) is 12.4. The second kappa shape index (κ2) is 5.69. The van der Waals surface area contributed by atoms with E-state index in [2.05, 4.69) is 19.2 Å². The Morgan fingerprint density at radius 3 is 2.60 bits per heavy atom. The SMILES string of the molecule is CC(C)C1(C(=O)N(C)C2COCC2C(=O)O)CCNC1. The Kier molecular flexibility index (Phi) is 4.34. The standard InChI is InChI=1S/C14H24N2O4/c1-9(2)14(4-5-15-8-14)13(19)16(3)11-7-20-6-10(11)12(17)18/h9-11,15H,4-8H2,1-3H3,(H,17,18). The first-order valence-corrected chi connectivity index (χ1v) is 7.18. The Hall–Kier alpha value is -1.14. The molecule has 0 aromatic carbocycles. The molecule has 6 heteroatoms. The van der Waals surface area contributed by atoms with E-state index in [1.54, 1.807) is 11.9 Å². The summed E-state index contributed by atoms with van der Waals surface area (Å²) in [5.41, 5.74) is -0.416. The third-order valence-electron chi connectivity index (χ3n) is 4.90. The molecule has 0 spiro atoms. The molecule has 6 nitrogen and oxygen atoms in total. The van der Waals surface area contributed by atoms with E-state index >= 15 is 0 Å². The molecule has 114 valence electrons. The van der Waals surface area contributed by atoms with Crippen molar-refractivity contribution < 1.29 is 19.4 Å². The number of aliphatic carboxylic acids is 1. The van der Waals surface area contributed by atoms with Crippen molar-refractivity contribution in [3.05, 3.63) is 0 Å². The lowest BCUT2D eigenvalue weighted by molar-refractivity contribution is -0.149. The topological polar surface area (TPSA) is 78.9 Å². The smallest absolute Gasteiger partial charge is 0.311 e. The predicted octanol–water partition coefficient (Wildman–Crippen LogP) is 0.180. The van der Waals surface area contributed by atoms with Crippen LogP contribution in [0.2, 0.25) is 0 Å². The molecule has 2 fully saturated rings. The molecule has 2 heterocycles. The molecule has 0 aromatic rings. The lowest BCUT2D eigenvalue weighted by Crippen LogP contribution is -2.53. The van der Waals surface area contributed by atoms with E-state index in [0.717, 1.165) is 13.0 Å². The van der Waals surface area contributed by atoms with Crippen LogP contribution in [0.5, 0.6) is 0 Å². The van der Waals surface area contributed by atoms with Gasteiger partial charge in [-0.1, -0.05) is 13.8 Å². The summed E-state index contributed by atoms with van der Waals surface area (Å²) < 4.78 is 5.27. The summed E-state index contributed by atoms with van der Waals surface area (Å²) in [6.45, 7) is 6.10. The average molecular weight is 284 g/mol. The number of rotatable bonds is 4. The predicted molar refractivity (Wildman–Crippen MR) is 73.3 cm³/mol. The van der Waals surface area contributed by atoms with E-state index < -0.39 is 17.3 Å². The number of carbonyl (C=O) groups is 2. The van der Waals surface area contributed by atoms with Gasteiger partial charge in [-0.2, -0.15) is 0 Å². The summed E-state index contributed by atoms with van der Waals surface area (Å²) in [6.07, 6.45) is 0.805. The van der Waals surface area contributed by atoms with Crippen LogP contribution >= 0.6 is 0 Å². The molecule has 0 aromatic heterocycles. The summed E-state index contributed by atoms with van der Waals surface area (Å²) >= 11 is 0. The zero-order valence-electron chi connectivity index (χ0n) is 12.4. The zero-order chi connectivity index (χ0) is 14.9. The Balaban J connectivity index is 2.17. The van der Waals surface area contributed by atoms with Gasteiger partial charge in [0, 0.05) is 13.6 Å². The molecule has 0 radical (unpaired) electrons. The lowest BCUT2D eigenvalue weighted by atomic mass is 9.75. The van der Waals surface area contributed by atoms with Gasteiger partial charge < -0.3 is 20.1 Å². The van der Waals surface area contributed by atoms with Crippen molar-refractivity contribution >= 4 is 11.9 Å². The van der Waals surface area contributed by atoms with Crippen LogP contribution in [0.15, 0.2) is 0 Å². The number of carboxylic acids is 1. The first-order valence-electron chi connectivity index (χ1n) is 7.18. The first-order chi connectivity index (χ1) is 9.40. The highest BCUT2D eigenvalue weighted by Crippen LogP contribution is 2.37. The number of amides is 1. The maximum absolute atomic E-state index is 12.9. The number of hydrogen-bond acceptors (Lipinski definition) is 4. The number of ether oxygens (including phenoxy) is 1. The number of nitrogens with one attached hydrogen (secondary N) is 1. The molecular weight excluding hydrogens is 260 g/mol. The third-order valence-corrected chi connectivity index (χ3v) is 4.90. The van der Waals surface area contributed by atoms with Crippen LogP contribution in [-0.4, -0.2) is 61.3 Å². The van der Waals surface area contributed by atoms with Crippen LogP contribution in [0.3, 0.4) is 0 Å². The molecule has 0 bridgehead atoms. The quantitative estimate of drug-likeness (QED) is 0.770. The fourth-order valence-corrected chi connectivity index (χ4v) is 3.30. The van der Waals surface area contributed by atoms with Gasteiger partial charge >= 0.3 is 5.97 Å². The van der Waals surface area contributed by atoms with Gasteiger partial charge in [0.1, 0.15) is 5.92 Å². The Bertz CT molecular complexity index is 391. The largest absolute Gasteiger partial charge is 0.481 e. The van der Waals surface area contributed by atoms with Gasteiger partial charge in [0.05, 0.1) is 24.7 Å². The van der Waals surface area contributed by atoms with Crippen molar-refractivity contribution in [3.8, 4) is 0 Å². The maximum Gasteiger partial charge on any atom is 0.311 e. The van der Waals surface area contributed by atoms with Gasteiger partial charge in [-0.25, -0.2) is 0 Å². The van der Waals surface area contributed by atoms with Crippen molar-refractivity contribution in [1.82, 2.24) is 10.2 Å². The van der Waals surface area contributed by atoms with Crippen molar-refractivity contribution in [2.24, 2.45) is 17.3 Å². The number of hydrogen-bond donors (Lipinski definition) is 2. The minimum Gasteiger partial charge on any atom is -0.481 e. The second-order valence-corrected chi connectivity index (χ2v) is 6.20. The monoisotopic (exact) mass is 284 g/mol. The summed E-state index contributed by atoms with van der Waals surface area (Å²) in [6, 6.07) is -0.365. The minimum atomic E-state index is -0.893. The van der Waals surface area contributed by atoms with Crippen molar-refractivity contribution in [2.75, 3.05) is 33.4 Å². The molecule has 0 aliphatic carbocycles. The molecule has 3 atom stereocenters. The number of nitrogens with zero attached hydrogens (tertiary/aromatic N) is 1. The van der Waals surface area contributed by atoms with Crippen molar-refractivity contribution in [1.29, 1.82) is 0 Å². The normalized spacial score (nSPS) is 33.6. The van der Waals surface area contributed by atoms with Gasteiger partial charge in [-0.3, -0.25) is 9.59 Å². The molecule has 2 rings (SSSR count). The third kappa shape index (κ3) is 2.42. The van der Waals surface area contributed by atoms with Crippen LogP contribution in [0.25, 0.3) is 0 Å². The van der Waals surface area contributed by atoms with E-state index in [-0.39, 0.29) is 24.5 Å².